The van der Waals surface area contributed by atoms with Gasteiger partial charge in [-0.15, -0.1) is 0 Å². The van der Waals surface area contributed by atoms with E-state index in [1.807, 2.05) is 18.2 Å². The molecule has 84 valence electrons. The smallest absolute Gasteiger partial charge is 0.121 e. The molecule has 1 aliphatic rings. The van der Waals surface area contributed by atoms with E-state index in [0.29, 0.717) is 12.5 Å². The van der Waals surface area contributed by atoms with E-state index >= 15 is 0 Å². The number of nitrogens with zero attached hydrogens (tertiary/aromatic N) is 1. The number of hydrogen-bond donors (Lipinski definition) is 2. The second-order valence-corrected chi connectivity index (χ2v) is 4.14. The molecule has 0 spiro atoms. The first-order chi connectivity index (χ1) is 7.86. The van der Waals surface area contributed by atoms with E-state index in [2.05, 4.69) is 17.5 Å². The van der Waals surface area contributed by atoms with Crippen LogP contribution in [0.4, 0.5) is 0 Å². The molecule has 2 N–H and O–H groups in total. The summed E-state index contributed by atoms with van der Waals surface area (Å²) >= 11 is 0. The molecule has 1 aromatic rings. The van der Waals surface area contributed by atoms with Gasteiger partial charge in [0.15, 0.2) is 0 Å². The Balaban J connectivity index is 2.20. The van der Waals surface area contributed by atoms with E-state index in [-0.39, 0.29) is 12.6 Å². The average Bonchev–Trinajstić information content (AvgIpc) is 3.15. The Bertz CT molecular complexity index is 393. The Hall–Kier alpha value is -1.37. The summed E-state index contributed by atoms with van der Waals surface area (Å²) in [7, 11) is 0. The highest BCUT2D eigenvalue weighted by atomic mass is 16.3. The first kappa shape index (κ1) is 11.1. The number of nitriles is 1. The molecule has 1 unspecified atom stereocenters. The summed E-state index contributed by atoms with van der Waals surface area (Å²) in [6, 6.07) is 10.1. The molecular weight excluding hydrogens is 200 g/mol. The quantitative estimate of drug-likeness (QED) is 0.787. The zero-order valence-corrected chi connectivity index (χ0v) is 9.19. The summed E-state index contributed by atoms with van der Waals surface area (Å²) in [4.78, 5) is 0. The van der Waals surface area contributed by atoms with Crippen molar-refractivity contribution < 1.29 is 5.11 Å². The van der Waals surface area contributed by atoms with Gasteiger partial charge in [-0.3, -0.25) is 5.32 Å². The van der Waals surface area contributed by atoms with Crippen molar-refractivity contribution in [3.05, 3.63) is 35.4 Å². The molecular formula is C13H16N2O. The molecule has 0 aliphatic heterocycles. The predicted octanol–water partition coefficient (Wildman–Crippen LogP) is 1.71. The molecule has 1 aromatic carbocycles. The lowest BCUT2D eigenvalue weighted by atomic mass is 9.98. The minimum absolute atomic E-state index is 0.0593. The van der Waals surface area contributed by atoms with Gasteiger partial charge in [0.1, 0.15) is 6.04 Å². The summed E-state index contributed by atoms with van der Waals surface area (Å²) in [5, 5.41) is 21.0. The highest BCUT2D eigenvalue weighted by Gasteiger charge is 2.27. The van der Waals surface area contributed by atoms with E-state index in [1.165, 1.54) is 18.4 Å². The number of aliphatic hydroxyl groups is 1. The maximum atomic E-state index is 9.14. The minimum atomic E-state index is -0.302. The van der Waals surface area contributed by atoms with Crippen LogP contribution in [0.2, 0.25) is 0 Å². The number of hydrogen-bond acceptors (Lipinski definition) is 3. The maximum Gasteiger partial charge on any atom is 0.121 e. The fraction of sp³-hybridized carbons (Fsp3) is 0.462. The van der Waals surface area contributed by atoms with Crippen LogP contribution in [0.15, 0.2) is 24.3 Å². The molecule has 0 aromatic heterocycles. The van der Waals surface area contributed by atoms with Crippen LogP contribution in [-0.2, 0) is 0 Å². The number of rotatable bonds is 5. The first-order valence-corrected chi connectivity index (χ1v) is 5.69. The molecule has 2 rings (SSSR count). The molecule has 3 nitrogen and oxygen atoms in total. The van der Waals surface area contributed by atoms with Gasteiger partial charge < -0.3 is 5.11 Å². The van der Waals surface area contributed by atoms with Crippen LogP contribution in [0.3, 0.4) is 0 Å². The largest absolute Gasteiger partial charge is 0.395 e. The van der Waals surface area contributed by atoms with E-state index < -0.39 is 0 Å². The summed E-state index contributed by atoms with van der Waals surface area (Å²) in [6.45, 7) is 0.515. The van der Waals surface area contributed by atoms with Crippen molar-refractivity contribution in [1.82, 2.24) is 5.32 Å². The molecule has 1 atom stereocenters. The van der Waals surface area contributed by atoms with E-state index in [1.54, 1.807) is 0 Å². The molecule has 0 radical (unpaired) electrons. The standard InChI is InChI=1S/C13H16N2O/c14-9-13(15-7-8-16)12-4-2-1-3-11(12)10-5-6-10/h1-4,10,13,15-16H,5-8H2. The molecule has 0 amide bonds. The predicted molar refractivity (Wildman–Crippen MR) is 61.9 cm³/mol. The number of nitrogens with one attached hydrogen (secondary N) is 1. The molecule has 16 heavy (non-hydrogen) atoms. The van der Waals surface area contributed by atoms with Crippen LogP contribution in [0.5, 0.6) is 0 Å². The highest BCUT2D eigenvalue weighted by Crippen LogP contribution is 2.42. The average molecular weight is 216 g/mol. The Kier molecular flexibility index (Phi) is 3.55. The number of aliphatic hydroxyl groups excluding tert-OH is 1. The van der Waals surface area contributed by atoms with Gasteiger partial charge in [-0.2, -0.15) is 5.26 Å². The van der Waals surface area contributed by atoms with E-state index in [0.717, 1.165) is 5.56 Å². The molecule has 1 fully saturated rings. The molecule has 1 aliphatic carbocycles. The fourth-order valence-electron chi connectivity index (χ4n) is 1.97. The lowest BCUT2D eigenvalue weighted by Gasteiger charge is -2.15. The Morgan fingerprint density at radius 2 is 2.19 bits per heavy atom. The van der Waals surface area contributed by atoms with Gasteiger partial charge in [-0.25, -0.2) is 0 Å². The lowest BCUT2D eigenvalue weighted by Crippen LogP contribution is -2.24. The van der Waals surface area contributed by atoms with Crippen molar-refractivity contribution in [2.45, 2.75) is 24.8 Å². The molecule has 1 saturated carbocycles. The van der Waals surface area contributed by atoms with Crippen molar-refractivity contribution in [2.24, 2.45) is 0 Å². The summed E-state index contributed by atoms with van der Waals surface area (Å²) in [5.41, 5.74) is 2.36. The van der Waals surface area contributed by atoms with Crippen LogP contribution in [0.25, 0.3) is 0 Å². The van der Waals surface area contributed by atoms with Gasteiger partial charge in [0, 0.05) is 6.54 Å². The van der Waals surface area contributed by atoms with Gasteiger partial charge in [-0.1, -0.05) is 24.3 Å². The molecule has 0 bridgehead atoms. The highest BCUT2D eigenvalue weighted by molar-refractivity contribution is 5.37. The normalized spacial score (nSPS) is 16.8. The van der Waals surface area contributed by atoms with Gasteiger partial charge in [0.2, 0.25) is 0 Å². The summed E-state index contributed by atoms with van der Waals surface area (Å²) < 4.78 is 0. The van der Waals surface area contributed by atoms with Crippen LogP contribution in [-0.4, -0.2) is 18.3 Å². The first-order valence-electron chi connectivity index (χ1n) is 5.69. The van der Waals surface area contributed by atoms with Crippen molar-refractivity contribution in [3.63, 3.8) is 0 Å². The third-order valence-electron chi connectivity index (χ3n) is 2.91. The van der Waals surface area contributed by atoms with Crippen molar-refractivity contribution in [3.8, 4) is 6.07 Å². The topological polar surface area (TPSA) is 56.0 Å². The van der Waals surface area contributed by atoms with Gasteiger partial charge in [0.25, 0.3) is 0 Å². The Morgan fingerprint density at radius 1 is 1.44 bits per heavy atom. The fourth-order valence-corrected chi connectivity index (χ4v) is 1.97. The van der Waals surface area contributed by atoms with Gasteiger partial charge in [-0.05, 0) is 29.9 Å². The van der Waals surface area contributed by atoms with Gasteiger partial charge in [0.05, 0.1) is 12.7 Å². The summed E-state index contributed by atoms with van der Waals surface area (Å²) in [6.07, 6.45) is 2.46. The van der Waals surface area contributed by atoms with Crippen molar-refractivity contribution in [2.75, 3.05) is 13.2 Å². The van der Waals surface area contributed by atoms with E-state index in [9.17, 15) is 0 Å². The molecule has 3 heteroatoms. The third-order valence-corrected chi connectivity index (χ3v) is 2.91. The summed E-state index contributed by atoms with van der Waals surface area (Å²) in [5.74, 6) is 0.642. The zero-order chi connectivity index (χ0) is 11.4. The SMILES string of the molecule is N#CC(NCCO)c1ccccc1C1CC1. The number of benzene rings is 1. The monoisotopic (exact) mass is 216 g/mol. The van der Waals surface area contributed by atoms with Crippen LogP contribution in [0, 0.1) is 11.3 Å². The Labute approximate surface area is 95.7 Å². The van der Waals surface area contributed by atoms with Crippen molar-refractivity contribution in [1.29, 1.82) is 5.26 Å². The van der Waals surface area contributed by atoms with Crippen LogP contribution in [0.1, 0.15) is 35.9 Å². The molecule has 0 heterocycles. The molecule has 0 saturated heterocycles. The van der Waals surface area contributed by atoms with Crippen LogP contribution < -0.4 is 5.32 Å². The zero-order valence-electron chi connectivity index (χ0n) is 9.19. The van der Waals surface area contributed by atoms with Gasteiger partial charge >= 0.3 is 0 Å². The van der Waals surface area contributed by atoms with Crippen molar-refractivity contribution >= 4 is 0 Å². The lowest BCUT2D eigenvalue weighted by molar-refractivity contribution is 0.289. The second-order valence-electron chi connectivity index (χ2n) is 4.14. The Morgan fingerprint density at radius 3 is 2.81 bits per heavy atom. The van der Waals surface area contributed by atoms with Crippen LogP contribution >= 0.6 is 0 Å². The second kappa shape index (κ2) is 5.11. The minimum Gasteiger partial charge on any atom is -0.395 e. The third kappa shape index (κ3) is 2.41. The van der Waals surface area contributed by atoms with E-state index in [4.69, 9.17) is 10.4 Å². The maximum absolute atomic E-state index is 9.14.